The molecule has 2 aromatic carbocycles. The summed E-state index contributed by atoms with van der Waals surface area (Å²) < 4.78 is 7.68. The minimum atomic E-state index is 0.516. The second kappa shape index (κ2) is 5.56. The van der Waals surface area contributed by atoms with E-state index < -0.39 is 0 Å². The second-order valence-electron chi connectivity index (χ2n) is 3.59. The first-order chi connectivity index (χ1) is 8.15. The van der Waals surface area contributed by atoms with Crippen molar-refractivity contribution in [2.75, 3.05) is 5.73 Å². The van der Waals surface area contributed by atoms with E-state index in [-0.39, 0.29) is 0 Å². The highest BCUT2D eigenvalue weighted by atomic mass is 79.9. The quantitative estimate of drug-likeness (QED) is 0.828. The van der Waals surface area contributed by atoms with Crippen LogP contribution in [0.15, 0.2) is 51.4 Å². The van der Waals surface area contributed by atoms with Crippen molar-refractivity contribution in [3.63, 3.8) is 0 Å². The zero-order chi connectivity index (χ0) is 12.3. The highest BCUT2D eigenvalue weighted by molar-refractivity contribution is 9.10. The Labute approximate surface area is 117 Å². The van der Waals surface area contributed by atoms with Crippen molar-refractivity contribution in [3.05, 3.63) is 57.0 Å². The SMILES string of the molecule is Nc1ccc(COc2ccc(Br)cc2)c(Br)c1. The number of nitrogens with two attached hydrogens (primary N) is 1. The van der Waals surface area contributed by atoms with Crippen LogP contribution in [0.1, 0.15) is 5.56 Å². The van der Waals surface area contributed by atoms with Gasteiger partial charge in [0, 0.05) is 20.2 Å². The zero-order valence-corrected chi connectivity index (χ0v) is 12.2. The van der Waals surface area contributed by atoms with Crippen LogP contribution >= 0.6 is 31.9 Å². The molecule has 0 bridgehead atoms. The van der Waals surface area contributed by atoms with Crippen molar-refractivity contribution in [1.29, 1.82) is 0 Å². The van der Waals surface area contributed by atoms with E-state index in [1.54, 1.807) is 0 Å². The maximum absolute atomic E-state index is 5.68. The zero-order valence-electron chi connectivity index (χ0n) is 8.99. The number of hydrogen-bond acceptors (Lipinski definition) is 2. The molecule has 0 fully saturated rings. The Morgan fingerprint density at radius 2 is 1.71 bits per heavy atom. The van der Waals surface area contributed by atoms with Crippen LogP contribution in [0, 0.1) is 0 Å². The lowest BCUT2D eigenvalue weighted by atomic mass is 10.2. The molecule has 0 amide bonds. The summed E-state index contributed by atoms with van der Waals surface area (Å²) in [6.07, 6.45) is 0. The van der Waals surface area contributed by atoms with Crippen LogP contribution in [-0.4, -0.2) is 0 Å². The molecule has 0 aliphatic heterocycles. The summed E-state index contributed by atoms with van der Waals surface area (Å²) in [6, 6.07) is 13.5. The molecule has 0 unspecified atom stereocenters. The van der Waals surface area contributed by atoms with Gasteiger partial charge in [0.2, 0.25) is 0 Å². The molecular weight excluding hydrogens is 346 g/mol. The molecule has 0 spiro atoms. The van der Waals surface area contributed by atoms with Crippen molar-refractivity contribution in [2.45, 2.75) is 6.61 Å². The minimum absolute atomic E-state index is 0.516. The number of hydrogen-bond donors (Lipinski definition) is 1. The first-order valence-corrected chi connectivity index (χ1v) is 6.66. The molecule has 2 nitrogen and oxygen atoms in total. The summed E-state index contributed by atoms with van der Waals surface area (Å²) in [6.45, 7) is 0.516. The van der Waals surface area contributed by atoms with Crippen molar-refractivity contribution in [3.8, 4) is 5.75 Å². The third kappa shape index (κ3) is 3.48. The molecule has 0 saturated heterocycles. The summed E-state index contributed by atoms with van der Waals surface area (Å²) >= 11 is 6.85. The third-order valence-corrected chi connectivity index (χ3v) is 3.55. The predicted molar refractivity (Wildman–Crippen MR) is 77.0 cm³/mol. The number of rotatable bonds is 3. The smallest absolute Gasteiger partial charge is 0.119 e. The predicted octanol–water partition coefficient (Wildman–Crippen LogP) is 4.37. The van der Waals surface area contributed by atoms with E-state index in [4.69, 9.17) is 10.5 Å². The van der Waals surface area contributed by atoms with E-state index >= 15 is 0 Å². The molecule has 0 atom stereocenters. The van der Waals surface area contributed by atoms with E-state index in [1.165, 1.54) is 0 Å². The van der Waals surface area contributed by atoms with E-state index in [0.717, 1.165) is 25.9 Å². The van der Waals surface area contributed by atoms with Gasteiger partial charge in [-0.2, -0.15) is 0 Å². The molecule has 88 valence electrons. The monoisotopic (exact) mass is 355 g/mol. The van der Waals surface area contributed by atoms with E-state index in [1.807, 2.05) is 42.5 Å². The van der Waals surface area contributed by atoms with Gasteiger partial charge in [-0.05, 0) is 36.4 Å². The van der Waals surface area contributed by atoms with Crippen LogP contribution < -0.4 is 10.5 Å². The van der Waals surface area contributed by atoms with Gasteiger partial charge in [0.1, 0.15) is 12.4 Å². The Morgan fingerprint density at radius 1 is 1.00 bits per heavy atom. The summed E-state index contributed by atoms with van der Waals surface area (Å²) in [7, 11) is 0. The average Bonchev–Trinajstić information content (AvgIpc) is 2.30. The molecule has 2 N–H and O–H groups in total. The maximum atomic E-state index is 5.68. The first kappa shape index (κ1) is 12.5. The summed E-state index contributed by atoms with van der Waals surface area (Å²) in [4.78, 5) is 0. The number of benzene rings is 2. The van der Waals surface area contributed by atoms with Gasteiger partial charge >= 0.3 is 0 Å². The van der Waals surface area contributed by atoms with Crippen LogP contribution in [0.3, 0.4) is 0 Å². The molecule has 0 radical (unpaired) electrons. The molecule has 0 aromatic heterocycles. The molecular formula is C13H11Br2NO. The Balaban J connectivity index is 2.04. The molecule has 4 heteroatoms. The summed E-state index contributed by atoms with van der Waals surface area (Å²) in [5.74, 6) is 0.844. The van der Waals surface area contributed by atoms with Crippen molar-refractivity contribution < 1.29 is 4.74 Å². The van der Waals surface area contributed by atoms with Gasteiger partial charge in [0.25, 0.3) is 0 Å². The van der Waals surface area contributed by atoms with Gasteiger partial charge in [-0.3, -0.25) is 0 Å². The highest BCUT2D eigenvalue weighted by Crippen LogP contribution is 2.22. The summed E-state index contributed by atoms with van der Waals surface area (Å²) in [5.41, 5.74) is 7.49. The topological polar surface area (TPSA) is 35.2 Å². The van der Waals surface area contributed by atoms with Gasteiger partial charge in [-0.15, -0.1) is 0 Å². The van der Waals surface area contributed by atoms with E-state index in [9.17, 15) is 0 Å². The fourth-order valence-electron chi connectivity index (χ4n) is 1.37. The van der Waals surface area contributed by atoms with Gasteiger partial charge in [0.15, 0.2) is 0 Å². The maximum Gasteiger partial charge on any atom is 0.119 e. The normalized spacial score (nSPS) is 10.2. The number of anilines is 1. The molecule has 0 saturated carbocycles. The molecule has 0 heterocycles. The fourth-order valence-corrected chi connectivity index (χ4v) is 2.15. The Kier molecular flexibility index (Phi) is 4.07. The van der Waals surface area contributed by atoms with Crippen LogP contribution in [0.25, 0.3) is 0 Å². The molecule has 0 aliphatic rings. The largest absolute Gasteiger partial charge is 0.489 e. The lowest BCUT2D eigenvalue weighted by Gasteiger charge is -2.08. The van der Waals surface area contributed by atoms with E-state index in [0.29, 0.717) is 6.61 Å². The average molecular weight is 357 g/mol. The molecule has 17 heavy (non-hydrogen) atoms. The molecule has 2 aromatic rings. The fraction of sp³-hybridized carbons (Fsp3) is 0.0769. The van der Waals surface area contributed by atoms with Gasteiger partial charge < -0.3 is 10.5 Å². The highest BCUT2D eigenvalue weighted by Gasteiger charge is 2.01. The van der Waals surface area contributed by atoms with Crippen molar-refractivity contribution in [1.82, 2.24) is 0 Å². The Bertz CT molecular complexity index is 511. The summed E-state index contributed by atoms with van der Waals surface area (Å²) in [5, 5.41) is 0. The number of nitrogen functional groups attached to an aromatic ring is 1. The second-order valence-corrected chi connectivity index (χ2v) is 5.36. The Morgan fingerprint density at radius 3 is 2.35 bits per heavy atom. The molecule has 2 rings (SSSR count). The van der Waals surface area contributed by atoms with E-state index in [2.05, 4.69) is 31.9 Å². The third-order valence-electron chi connectivity index (χ3n) is 2.29. The van der Waals surface area contributed by atoms with Crippen LogP contribution in [0.2, 0.25) is 0 Å². The molecule has 0 aliphatic carbocycles. The minimum Gasteiger partial charge on any atom is -0.489 e. The Hall–Kier alpha value is -1.000. The van der Waals surface area contributed by atoms with Crippen LogP contribution in [0.4, 0.5) is 5.69 Å². The number of halogens is 2. The van der Waals surface area contributed by atoms with Crippen molar-refractivity contribution in [2.24, 2.45) is 0 Å². The van der Waals surface area contributed by atoms with Gasteiger partial charge in [0.05, 0.1) is 0 Å². The first-order valence-electron chi connectivity index (χ1n) is 5.07. The standard InChI is InChI=1S/C13H11Br2NO/c14-10-2-5-12(6-3-10)17-8-9-1-4-11(16)7-13(9)15/h1-7H,8,16H2. The number of ether oxygens (including phenoxy) is 1. The van der Waals surface area contributed by atoms with Crippen LogP contribution in [0.5, 0.6) is 5.75 Å². The lowest BCUT2D eigenvalue weighted by Crippen LogP contribution is -1.97. The lowest BCUT2D eigenvalue weighted by molar-refractivity contribution is 0.305. The van der Waals surface area contributed by atoms with Gasteiger partial charge in [-0.1, -0.05) is 37.9 Å². The van der Waals surface area contributed by atoms with Crippen LogP contribution in [-0.2, 0) is 6.61 Å². The van der Waals surface area contributed by atoms with Gasteiger partial charge in [-0.25, -0.2) is 0 Å². The van der Waals surface area contributed by atoms with Crippen molar-refractivity contribution >= 4 is 37.5 Å².